The van der Waals surface area contributed by atoms with Crippen molar-refractivity contribution in [3.8, 4) is 0 Å². The predicted octanol–water partition coefficient (Wildman–Crippen LogP) is 0.438. The monoisotopic (exact) mass is 217 g/mol. The third-order valence-corrected chi connectivity index (χ3v) is 2.03. The van der Waals surface area contributed by atoms with Gasteiger partial charge in [-0.1, -0.05) is 0 Å². The smallest absolute Gasteiger partial charge is 0.269 e. The second-order valence-electron chi connectivity index (χ2n) is 3.30. The molecule has 0 unspecified atom stereocenters. The van der Waals surface area contributed by atoms with Gasteiger partial charge in [0.25, 0.3) is 5.91 Å². The molecule has 0 saturated carbocycles. The van der Waals surface area contributed by atoms with Crippen LogP contribution >= 0.6 is 0 Å². The summed E-state index contributed by atoms with van der Waals surface area (Å²) >= 11 is 0. The number of nitrogens with one attached hydrogen (secondary N) is 2. The Labute approximate surface area is 92.2 Å². The molecule has 0 aliphatic heterocycles. The van der Waals surface area contributed by atoms with Crippen molar-refractivity contribution in [3.63, 3.8) is 0 Å². The Bertz CT molecular complexity index is 480. The number of aromatic amines is 1. The zero-order valence-corrected chi connectivity index (χ0v) is 8.77. The lowest BCUT2D eigenvalue weighted by molar-refractivity contribution is 0.0946. The largest absolute Gasteiger partial charge is 0.345 e. The topological polar surface area (TPSA) is 83.6 Å². The molecule has 0 atom stereocenters. The second-order valence-corrected chi connectivity index (χ2v) is 3.30. The van der Waals surface area contributed by atoms with Crippen molar-refractivity contribution < 1.29 is 4.79 Å². The molecule has 0 aliphatic rings. The van der Waals surface area contributed by atoms with E-state index in [9.17, 15) is 4.79 Å². The number of imidazole rings is 1. The van der Waals surface area contributed by atoms with Crippen LogP contribution in [0.3, 0.4) is 0 Å². The highest BCUT2D eigenvalue weighted by molar-refractivity contribution is 5.91. The van der Waals surface area contributed by atoms with Crippen LogP contribution in [0.2, 0.25) is 0 Å². The van der Waals surface area contributed by atoms with E-state index >= 15 is 0 Å². The van der Waals surface area contributed by atoms with Gasteiger partial charge in [0, 0.05) is 5.69 Å². The van der Waals surface area contributed by atoms with Crippen LogP contribution in [-0.2, 0) is 6.54 Å². The van der Waals surface area contributed by atoms with Crippen LogP contribution in [0.1, 0.15) is 21.9 Å². The third kappa shape index (κ3) is 2.41. The van der Waals surface area contributed by atoms with E-state index < -0.39 is 0 Å². The van der Waals surface area contributed by atoms with Gasteiger partial charge in [-0.2, -0.15) is 0 Å². The van der Waals surface area contributed by atoms with Crippen molar-refractivity contribution in [1.82, 2.24) is 25.3 Å². The Morgan fingerprint density at radius 3 is 3.06 bits per heavy atom. The molecule has 0 radical (unpaired) electrons. The first kappa shape index (κ1) is 10.3. The molecule has 0 aromatic carbocycles. The number of amides is 1. The molecular weight excluding hydrogens is 206 g/mol. The maximum Gasteiger partial charge on any atom is 0.269 e. The van der Waals surface area contributed by atoms with Crippen LogP contribution < -0.4 is 5.32 Å². The third-order valence-electron chi connectivity index (χ3n) is 2.03. The highest BCUT2D eigenvalue weighted by atomic mass is 16.1. The molecule has 0 saturated heterocycles. The summed E-state index contributed by atoms with van der Waals surface area (Å²) < 4.78 is 0. The minimum Gasteiger partial charge on any atom is -0.345 e. The van der Waals surface area contributed by atoms with Crippen molar-refractivity contribution in [2.75, 3.05) is 0 Å². The molecule has 2 heterocycles. The van der Waals surface area contributed by atoms with Crippen LogP contribution in [0.5, 0.6) is 0 Å². The lowest BCUT2D eigenvalue weighted by Gasteiger charge is -2.03. The Morgan fingerprint density at radius 2 is 2.38 bits per heavy atom. The van der Waals surface area contributed by atoms with Gasteiger partial charge in [-0.15, -0.1) is 0 Å². The molecule has 82 valence electrons. The van der Waals surface area contributed by atoms with Gasteiger partial charge in [-0.05, 0) is 13.0 Å². The molecule has 0 fully saturated rings. The van der Waals surface area contributed by atoms with E-state index in [1.165, 1.54) is 18.9 Å². The number of carbonyl (C=O) groups is 1. The molecule has 0 spiro atoms. The molecule has 2 aromatic rings. The SMILES string of the molecule is Cc1cc(CNC(=O)c2cnc[nH]2)ncn1. The minimum absolute atomic E-state index is 0.200. The minimum atomic E-state index is -0.200. The summed E-state index contributed by atoms with van der Waals surface area (Å²) in [7, 11) is 0. The zero-order chi connectivity index (χ0) is 11.4. The normalized spacial score (nSPS) is 10.1. The van der Waals surface area contributed by atoms with Crippen LogP contribution in [0, 0.1) is 6.92 Å². The molecule has 2 N–H and O–H groups in total. The van der Waals surface area contributed by atoms with Crippen LogP contribution in [0.15, 0.2) is 24.9 Å². The van der Waals surface area contributed by atoms with Crippen LogP contribution in [0.25, 0.3) is 0 Å². The van der Waals surface area contributed by atoms with Crippen molar-refractivity contribution >= 4 is 5.91 Å². The van der Waals surface area contributed by atoms with Gasteiger partial charge in [0.05, 0.1) is 24.8 Å². The first-order chi connectivity index (χ1) is 7.75. The van der Waals surface area contributed by atoms with E-state index in [0.717, 1.165) is 11.4 Å². The molecule has 6 heteroatoms. The van der Waals surface area contributed by atoms with Crippen molar-refractivity contribution in [3.05, 3.63) is 42.0 Å². The summed E-state index contributed by atoms with van der Waals surface area (Å²) in [5.41, 5.74) is 2.09. The Kier molecular flexibility index (Phi) is 2.90. The number of hydrogen-bond acceptors (Lipinski definition) is 4. The number of rotatable bonds is 3. The Morgan fingerprint density at radius 1 is 1.50 bits per heavy atom. The van der Waals surface area contributed by atoms with Gasteiger partial charge in [0.15, 0.2) is 0 Å². The maximum absolute atomic E-state index is 11.5. The van der Waals surface area contributed by atoms with Crippen molar-refractivity contribution in [1.29, 1.82) is 0 Å². The summed E-state index contributed by atoms with van der Waals surface area (Å²) in [5, 5.41) is 2.73. The fourth-order valence-electron chi connectivity index (χ4n) is 1.25. The summed E-state index contributed by atoms with van der Waals surface area (Å²) in [6, 6.07) is 1.83. The average molecular weight is 217 g/mol. The summed E-state index contributed by atoms with van der Waals surface area (Å²) in [5.74, 6) is -0.200. The highest BCUT2D eigenvalue weighted by Gasteiger charge is 2.06. The lowest BCUT2D eigenvalue weighted by Crippen LogP contribution is -2.23. The zero-order valence-electron chi connectivity index (χ0n) is 8.77. The maximum atomic E-state index is 11.5. The van der Waals surface area contributed by atoms with Gasteiger partial charge < -0.3 is 10.3 Å². The summed E-state index contributed by atoms with van der Waals surface area (Å²) in [4.78, 5) is 26.1. The second kappa shape index (κ2) is 4.52. The first-order valence-corrected chi connectivity index (χ1v) is 4.80. The number of nitrogens with zero attached hydrogens (tertiary/aromatic N) is 3. The van der Waals surface area contributed by atoms with E-state index in [-0.39, 0.29) is 5.91 Å². The molecule has 0 aliphatic carbocycles. The number of aryl methyl sites for hydroxylation is 1. The molecule has 0 bridgehead atoms. The summed E-state index contributed by atoms with van der Waals surface area (Å²) in [6.07, 6.45) is 4.41. The Hall–Kier alpha value is -2.24. The van der Waals surface area contributed by atoms with Gasteiger partial charge in [0.1, 0.15) is 12.0 Å². The number of carbonyl (C=O) groups excluding carboxylic acids is 1. The van der Waals surface area contributed by atoms with E-state index in [0.29, 0.717) is 12.2 Å². The number of H-pyrrole nitrogens is 1. The van der Waals surface area contributed by atoms with E-state index in [1.807, 2.05) is 13.0 Å². The van der Waals surface area contributed by atoms with E-state index in [1.54, 1.807) is 0 Å². The molecule has 2 aromatic heterocycles. The molecule has 1 amide bonds. The predicted molar refractivity (Wildman–Crippen MR) is 56.5 cm³/mol. The van der Waals surface area contributed by atoms with Gasteiger partial charge in [-0.25, -0.2) is 15.0 Å². The molecular formula is C10H11N5O. The van der Waals surface area contributed by atoms with E-state index in [2.05, 4.69) is 25.3 Å². The Balaban J connectivity index is 1.95. The molecule has 16 heavy (non-hydrogen) atoms. The first-order valence-electron chi connectivity index (χ1n) is 4.80. The van der Waals surface area contributed by atoms with Gasteiger partial charge >= 0.3 is 0 Å². The van der Waals surface area contributed by atoms with Gasteiger partial charge in [0.2, 0.25) is 0 Å². The fourth-order valence-corrected chi connectivity index (χ4v) is 1.25. The van der Waals surface area contributed by atoms with E-state index in [4.69, 9.17) is 0 Å². The lowest BCUT2D eigenvalue weighted by atomic mass is 10.3. The highest BCUT2D eigenvalue weighted by Crippen LogP contribution is 1.97. The fraction of sp³-hybridized carbons (Fsp3) is 0.200. The van der Waals surface area contributed by atoms with Crippen LogP contribution in [0.4, 0.5) is 0 Å². The quantitative estimate of drug-likeness (QED) is 0.781. The van der Waals surface area contributed by atoms with Crippen LogP contribution in [-0.4, -0.2) is 25.8 Å². The van der Waals surface area contributed by atoms with Crippen molar-refractivity contribution in [2.45, 2.75) is 13.5 Å². The number of aromatic nitrogens is 4. The summed E-state index contributed by atoms with van der Waals surface area (Å²) in [6.45, 7) is 2.25. The van der Waals surface area contributed by atoms with Crippen molar-refractivity contribution in [2.24, 2.45) is 0 Å². The molecule has 6 nitrogen and oxygen atoms in total. The standard InChI is InChI=1S/C10H11N5O/c1-7-2-8(14-6-13-7)3-12-10(16)9-4-11-5-15-9/h2,4-6H,3H2,1H3,(H,11,15)(H,12,16). The average Bonchev–Trinajstić information content (AvgIpc) is 2.79. The van der Waals surface area contributed by atoms with Gasteiger partial charge in [-0.3, -0.25) is 4.79 Å². The number of hydrogen-bond donors (Lipinski definition) is 2. The molecule has 2 rings (SSSR count).